The maximum Gasteiger partial charge on any atom is 0.330 e. The molecule has 0 radical (unpaired) electrons. The lowest BCUT2D eigenvalue weighted by atomic mass is 10.2. The molecule has 0 spiro atoms. The maximum absolute atomic E-state index is 10.6. The Bertz CT molecular complexity index is 270. The van der Waals surface area contributed by atoms with E-state index in [1.807, 2.05) is 30.3 Å². The molecule has 70 valence electrons. The highest BCUT2D eigenvalue weighted by molar-refractivity contribution is 8.93. The molecule has 0 bridgehead atoms. The van der Waals surface area contributed by atoms with Gasteiger partial charge in [0, 0.05) is 6.08 Å². The van der Waals surface area contributed by atoms with Crippen LogP contribution in [0.1, 0.15) is 5.56 Å². The summed E-state index contributed by atoms with van der Waals surface area (Å²) in [4.78, 5) is 10.6. The standard InChI is InChI=1S/C10H10O2.BrH/c1-2-10(11)12-8-9-6-4-3-5-7-9;/h2-7H,1,8H2;1H. The highest BCUT2D eigenvalue weighted by atomic mass is 79.9. The molecule has 0 unspecified atom stereocenters. The second-order valence-corrected chi connectivity index (χ2v) is 2.30. The van der Waals surface area contributed by atoms with Gasteiger partial charge in [-0.2, -0.15) is 0 Å². The molecule has 0 saturated carbocycles. The fraction of sp³-hybridized carbons (Fsp3) is 0.100. The van der Waals surface area contributed by atoms with Crippen molar-refractivity contribution in [1.29, 1.82) is 0 Å². The molecule has 0 amide bonds. The molecule has 0 aliphatic carbocycles. The minimum atomic E-state index is -0.390. The number of carbonyl (C=O) groups excluding carboxylic acids is 1. The van der Waals surface area contributed by atoms with Gasteiger partial charge in [0.25, 0.3) is 0 Å². The Labute approximate surface area is 88.0 Å². The first-order chi connectivity index (χ1) is 5.83. The molecule has 0 aliphatic rings. The lowest BCUT2D eigenvalue weighted by molar-refractivity contribution is -0.138. The Kier molecular flexibility index (Phi) is 5.89. The van der Waals surface area contributed by atoms with Crippen LogP contribution >= 0.6 is 17.0 Å². The predicted octanol–water partition coefficient (Wildman–Crippen LogP) is 2.49. The maximum atomic E-state index is 10.6. The minimum Gasteiger partial charge on any atom is -0.458 e. The molecule has 1 aromatic carbocycles. The molecule has 0 saturated heterocycles. The summed E-state index contributed by atoms with van der Waals surface area (Å²) < 4.78 is 4.82. The highest BCUT2D eigenvalue weighted by Gasteiger charge is 1.95. The number of rotatable bonds is 3. The Hall–Kier alpha value is -1.09. The van der Waals surface area contributed by atoms with Crippen LogP contribution < -0.4 is 0 Å². The first-order valence-electron chi connectivity index (χ1n) is 3.66. The molecule has 0 heterocycles. The highest BCUT2D eigenvalue weighted by Crippen LogP contribution is 2.00. The van der Waals surface area contributed by atoms with Crippen molar-refractivity contribution < 1.29 is 9.53 Å². The van der Waals surface area contributed by atoms with Gasteiger partial charge < -0.3 is 4.74 Å². The first-order valence-corrected chi connectivity index (χ1v) is 3.66. The van der Waals surface area contributed by atoms with Crippen molar-refractivity contribution in [1.82, 2.24) is 0 Å². The molecule has 2 nitrogen and oxygen atoms in total. The van der Waals surface area contributed by atoms with E-state index < -0.39 is 0 Å². The summed E-state index contributed by atoms with van der Waals surface area (Å²) in [5.41, 5.74) is 0.979. The van der Waals surface area contributed by atoms with Gasteiger partial charge in [0.15, 0.2) is 0 Å². The van der Waals surface area contributed by atoms with Crippen molar-refractivity contribution in [3.05, 3.63) is 48.6 Å². The van der Waals surface area contributed by atoms with Gasteiger partial charge in [-0.25, -0.2) is 4.79 Å². The molecule has 0 atom stereocenters. The summed E-state index contributed by atoms with van der Waals surface area (Å²) in [6.45, 7) is 3.61. The fourth-order valence-electron chi connectivity index (χ4n) is 0.788. The number of carbonyl (C=O) groups is 1. The molecule has 3 heteroatoms. The van der Waals surface area contributed by atoms with Crippen molar-refractivity contribution in [3.63, 3.8) is 0 Å². The zero-order valence-corrected chi connectivity index (χ0v) is 8.82. The van der Waals surface area contributed by atoms with Gasteiger partial charge in [-0.15, -0.1) is 17.0 Å². The lowest BCUT2D eigenvalue weighted by Crippen LogP contribution is -1.99. The van der Waals surface area contributed by atoms with Gasteiger partial charge in [-0.3, -0.25) is 0 Å². The van der Waals surface area contributed by atoms with Crippen LogP contribution in [0.3, 0.4) is 0 Å². The van der Waals surface area contributed by atoms with Gasteiger partial charge >= 0.3 is 5.97 Å². The van der Waals surface area contributed by atoms with Gasteiger partial charge in [0.1, 0.15) is 6.61 Å². The number of esters is 1. The quantitative estimate of drug-likeness (QED) is 0.602. The molecule has 0 N–H and O–H groups in total. The summed E-state index contributed by atoms with van der Waals surface area (Å²) in [7, 11) is 0. The summed E-state index contributed by atoms with van der Waals surface area (Å²) in [6, 6.07) is 9.51. The van der Waals surface area contributed by atoms with Crippen LogP contribution in [0.15, 0.2) is 43.0 Å². The van der Waals surface area contributed by atoms with Crippen molar-refractivity contribution in [2.24, 2.45) is 0 Å². The normalized spacial score (nSPS) is 8.31. The van der Waals surface area contributed by atoms with Crippen LogP contribution in [0.2, 0.25) is 0 Å². The third kappa shape index (κ3) is 4.48. The van der Waals surface area contributed by atoms with E-state index in [0.717, 1.165) is 11.6 Å². The summed E-state index contributed by atoms with van der Waals surface area (Å²) in [5.74, 6) is -0.390. The van der Waals surface area contributed by atoms with E-state index in [-0.39, 0.29) is 23.0 Å². The van der Waals surface area contributed by atoms with Crippen LogP contribution in [-0.2, 0) is 16.1 Å². The number of hydrogen-bond donors (Lipinski definition) is 0. The Balaban J connectivity index is 0.00000144. The zero-order chi connectivity index (χ0) is 8.81. The van der Waals surface area contributed by atoms with Crippen LogP contribution in [0.25, 0.3) is 0 Å². The average Bonchev–Trinajstić information content (AvgIpc) is 2.16. The van der Waals surface area contributed by atoms with E-state index in [2.05, 4.69) is 6.58 Å². The van der Waals surface area contributed by atoms with Crippen LogP contribution in [0.4, 0.5) is 0 Å². The molecule has 0 aromatic heterocycles. The second kappa shape index (κ2) is 6.43. The monoisotopic (exact) mass is 242 g/mol. The lowest BCUT2D eigenvalue weighted by Gasteiger charge is -2.00. The number of hydrogen-bond acceptors (Lipinski definition) is 2. The smallest absolute Gasteiger partial charge is 0.330 e. The van der Waals surface area contributed by atoms with Crippen molar-refractivity contribution in [3.8, 4) is 0 Å². The van der Waals surface area contributed by atoms with Gasteiger partial charge in [0.05, 0.1) is 0 Å². The number of halogens is 1. The number of ether oxygens (including phenoxy) is 1. The molecule has 1 rings (SSSR count). The zero-order valence-electron chi connectivity index (χ0n) is 7.10. The van der Waals surface area contributed by atoms with E-state index in [4.69, 9.17) is 4.74 Å². The van der Waals surface area contributed by atoms with Crippen LogP contribution in [0.5, 0.6) is 0 Å². The van der Waals surface area contributed by atoms with Crippen molar-refractivity contribution >= 4 is 23.0 Å². The van der Waals surface area contributed by atoms with E-state index in [0.29, 0.717) is 6.61 Å². The van der Waals surface area contributed by atoms with Crippen LogP contribution in [0, 0.1) is 0 Å². The molecule has 13 heavy (non-hydrogen) atoms. The fourth-order valence-corrected chi connectivity index (χ4v) is 0.788. The topological polar surface area (TPSA) is 26.3 Å². The summed E-state index contributed by atoms with van der Waals surface area (Å²) >= 11 is 0. The second-order valence-electron chi connectivity index (χ2n) is 2.30. The van der Waals surface area contributed by atoms with Crippen molar-refractivity contribution in [2.75, 3.05) is 0 Å². The average molecular weight is 243 g/mol. The van der Waals surface area contributed by atoms with E-state index >= 15 is 0 Å². The molecule has 1 aromatic rings. The first kappa shape index (κ1) is 11.9. The molecule has 0 aliphatic heterocycles. The number of benzene rings is 1. The van der Waals surface area contributed by atoms with E-state index in [1.54, 1.807) is 0 Å². The van der Waals surface area contributed by atoms with Gasteiger partial charge in [-0.1, -0.05) is 36.9 Å². The molecular weight excluding hydrogens is 232 g/mol. The summed E-state index contributed by atoms with van der Waals surface area (Å²) in [5, 5.41) is 0. The Morgan fingerprint density at radius 3 is 2.54 bits per heavy atom. The van der Waals surface area contributed by atoms with E-state index in [1.165, 1.54) is 0 Å². The van der Waals surface area contributed by atoms with Gasteiger partial charge in [0.2, 0.25) is 0 Å². The Morgan fingerprint density at radius 2 is 2.00 bits per heavy atom. The largest absolute Gasteiger partial charge is 0.458 e. The molecular formula is C10H11BrO2. The van der Waals surface area contributed by atoms with Gasteiger partial charge in [-0.05, 0) is 5.56 Å². The SMILES string of the molecule is Br.C=CC(=O)OCc1ccccc1. The van der Waals surface area contributed by atoms with E-state index in [9.17, 15) is 4.79 Å². The minimum absolute atomic E-state index is 0. The van der Waals surface area contributed by atoms with Crippen LogP contribution in [-0.4, -0.2) is 5.97 Å². The third-order valence-corrected chi connectivity index (χ3v) is 1.39. The predicted molar refractivity (Wildman–Crippen MR) is 56.8 cm³/mol. The Morgan fingerprint density at radius 1 is 1.38 bits per heavy atom. The summed E-state index contributed by atoms with van der Waals surface area (Å²) in [6.07, 6.45) is 1.16. The van der Waals surface area contributed by atoms with Crippen molar-refractivity contribution in [2.45, 2.75) is 6.61 Å². The molecule has 0 fully saturated rings. The third-order valence-electron chi connectivity index (χ3n) is 1.39.